The molecule has 0 amide bonds. The van der Waals surface area contributed by atoms with Crippen molar-refractivity contribution in [3.05, 3.63) is 23.8 Å². The van der Waals surface area contributed by atoms with E-state index in [1.54, 1.807) is 14.2 Å². The summed E-state index contributed by atoms with van der Waals surface area (Å²) in [7, 11) is 5.41. The van der Waals surface area contributed by atoms with Crippen molar-refractivity contribution in [2.45, 2.75) is 18.5 Å². The van der Waals surface area contributed by atoms with Gasteiger partial charge in [-0.1, -0.05) is 0 Å². The topological polar surface area (TPSA) is 57.0 Å². The third-order valence-corrected chi connectivity index (χ3v) is 3.96. The van der Waals surface area contributed by atoms with Gasteiger partial charge in [0.15, 0.2) is 0 Å². The Labute approximate surface area is 120 Å². The summed E-state index contributed by atoms with van der Waals surface area (Å²) >= 11 is 0. The van der Waals surface area contributed by atoms with Crippen LogP contribution in [0.4, 0.5) is 0 Å². The molecule has 1 aliphatic heterocycles. The molecule has 1 aromatic rings. The highest BCUT2D eigenvalue weighted by atomic mass is 16.5. The van der Waals surface area contributed by atoms with Gasteiger partial charge >= 0.3 is 0 Å². The maximum Gasteiger partial charge on any atom is 0.122 e. The molecule has 2 unspecified atom stereocenters. The van der Waals surface area contributed by atoms with Crippen molar-refractivity contribution >= 4 is 0 Å². The van der Waals surface area contributed by atoms with Gasteiger partial charge in [0.1, 0.15) is 11.5 Å². The molecule has 0 radical (unpaired) electrons. The average Bonchev–Trinajstić information content (AvgIpc) is 3.01. The van der Waals surface area contributed by atoms with Crippen molar-refractivity contribution < 1.29 is 14.2 Å². The maximum atomic E-state index is 5.99. The predicted molar refractivity (Wildman–Crippen MR) is 78.3 cm³/mol. The fraction of sp³-hybridized carbons (Fsp3) is 0.600. The number of nitrogens with two attached hydrogens (primary N) is 1. The Hall–Kier alpha value is -1.30. The molecule has 0 aromatic heterocycles. The minimum atomic E-state index is 0.130. The molecule has 1 aromatic carbocycles. The molecule has 1 fully saturated rings. The van der Waals surface area contributed by atoms with E-state index in [1.807, 2.05) is 18.2 Å². The van der Waals surface area contributed by atoms with E-state index in [0.717, 1.165) is 36.7 Å². The maximum absolute atomic E-state index is 5.99. The summed E-state index contributed by atoms with van der Waals surface area (Å²) in [5, 5.41) is 0. The number of likely N-dealkylation sites (N-methyl/N-ethyl adjacent to an activating group) is 1. The standard InChI is InChI=1S/C15H24N2O3/c1-17(12-4-5-20-10-12)15(9-16)11-6-13(18-2)8-14(7-11)19-3/h6-8,12,15H,4-5,9-10,16H2,1-3H3. The van der Waals surface area contributed by atoms with Crippen LogP contribution in [0.15, 0.2) is 18.2 Å². The molecule has 1 saturated heterocycles. The molecule has 2 rings (SSSR count). The van der Waals surface area contributed by atoms with Gasteiger partial charge in [0.05, 0.1) is 20.8 Å². The van der Waals surface area contributed by atoms with Gasteiger partial charge in [-0.05, 0) is 31.2 Å². The van der Waals surface area contributed by atoms with Gasteiger partial charge in [0, 0.05) is 31.3 Å². The van der Waals surface area contributed by atoms with Gasteiger partial charge in [0.25, 0.3) is 0 Å². The van der Waals surface area contributed by atoms with Crippen LogP contribution in [0.3, 0.4) is 0 Å². The fourth-order valence-corrected chi connectivity index (χ4v) is 2.66. The van der Waals surface area contributed by atoms with E-state index in [-0.39, 0.29) is 6.04 Å². The van der Waals surface area contributed by atoms with Gasteiger partial charge in [-0.2, -0.15) is 0 Å². The molecule has 5 heteroatoms. The summed E-state index contributed by atoms with van der Waals surface area (Å²) in [4.78, 5) is 2.29. The molecule has 0 bridgehead atoms. The summed E-state index contributed by atoms with van der Waals surface area (Å²) in [6, 6.07) is 6.46. The molecule has 0 saturated carbocycles. The SMILES string of the molecule is COc1cc(OC)cc(C(CN)N(C)C2CCOC2)c1. The number of rotatable bonds is 6. The molecule has 112 valence electrons. The van der Waals surface area contributed by atoms with Crippen LogP contribution in [0, 0.1) is 0 Å². The van der Waals surface area contributed by atoms with Crippen molar-refractivity contribution in [3.8, 4) is 11.5 Å². The summed E-state index contributed by atoms with van der Waals surface area (Å²) < 4.78 is 16.1. The third kappa shape index (κ3) is 3.23. The Bertz CT molecular complexity index is 411. The second-order valence-electron chi connectivity index (χ2n) is 5.08. The van der Waals surface area contributed by atoms with E-state index >= 15 is 0 Å². The van der Waals surface area contributed by atoms with Crippen molar-refractivity contribution in [3.63, 3.8) is 0 Å². The van der Waals surface area contributed by atoms with E-state index < -0.39 is 0 Å². The van der Waals surface area contributed by atoms with Gasteiger partial charge in [-0.3, -0.25) is 4.90 Å². The van der Waals surface area contributed by atoms with Crippen molar-refractivity contribution in [2.24, 2.45) is 5.73 Å². The van der Waals surface area contributed by atoms with Crippen molar-refractivity contribution in [2.75, 3.05) is 41.0 Å². The minimum Gasteiger partial charge on any atom is -0.497 e. The first-order valence-electron chi connectivity index (χ1n) is 6.92. The highest BCUT2D eigenvalue weighted by Crippen LogP contribution is 2.30. The van der Waals surface area contributed by atoms with Crippen LogP contribution in [0.25, 0.3) is 0 Å². The summed E-state index contributed by atoms with van der Waals surface area (Å²) in [5.74, 6) is 1.57. The number of hydrogen-bond acceptors (Lipinski definition) is 5. The molecule has 0 spiro atoms. The molecule has 5 nitrogen and oxygen atoms in total. The Morgan fingerprint density at radius 2 is 1.95 bits per heavy atom. The third-order valence-electron chi connectivity index (χ3n) is 3.96. The molecule has 20 heavy (non-hydrogen) atoms. The number of nitrogens with zero attached hydrogens (tertiary/aromatic N) is 1. The first kappa shape index (κ1) is 15.1. The van der Waals surface area contributed by atoms with Gasteiger partial charge < -0.3 is 19.9 Å². The first-order valence-corrected chi connectivity index (χ1v) is 6.92. The Kier molecular flexibility index (Phi) is 5.23. The lowest BCUT2D eigenvalue weighted by Crippen LogP contribution is -2.39. The second-order valence-corrected chi connectivity index (χ2v) is 5.08. The van der Waals surface area contributed by atoms with E-state index in [4.69, 9.17) is 19.9 Å². The molecule has 1 aliphatic rings. The molecule has 0 aliphatic carbocycles. The second kappa shape index (κ2) is 6.92. The normalized spacial score (nSPS) is 20.1. The van der Waals surface area contributed by atoms with Gasteiger partial charge in [0.2, 0.25) is 0 Å². The fourth-order valence-electron chi connectivity index (χ4n) is 2.66. The van der Waals surface area contributed by atoms with E-state index in [1.165, 1.54) is 0 Å². The Morgan fingerprint density at radius 1 is 1.30 bits per heavy atom. The Morgan fingerprint density at radius 3 is 2.40 bits per heavy atom. The van der Waals surface area contributed by atoms with Crippen molar-refractivity contribution in [1.82, 2.24) is 4.90 Å². The first-order chi connectivity index (χ1) is 9.69. The largest absolute Gasteiger partial charge is 0.497 e. The lowest BCUT2D eigenvalue weighted by Gasteiger charge is -2.32. The summed E-state index contributed by atoms with van der Waals surface area (Å²) in [6.07, 6.45) is 1.05. The zero-order chi connectivity index (χ0) is 14.5. The lowest BCUT2D eigenvalue weighted by molar-refractivity contribution is 0.134. The van der Waals surface area contributed by atoms with Crippen LogP contribution in [0.5, 0.6) is 11.5 Å². The molecular formula is C15H24N2O3. The van der Waals surface area contributed by atoms with Crippen molar-refractivity contribution in [1.29, 1.82) is 0 Å². The number of hydrogen-bond donors (Lipinski definition) is 1. The zero-order valence-electron chi connectivity index (χ0n) is 12.5. The highest BCUT2D eigenvalue weighted by molar-refractivity contribution is 5.40. The molecule has 2 atom stereocenters. The van der Waals surface area contributed by atoms with Crippen LogP contribution < -0.4 is 15.2 Å². The van der Waals surface area contributed by atoms with E-state index in [0.29, 0.717) is 12.6 Å². The lowest BCUT2D eigenvalue weighted by atomic mass is 10.0. The monoisotopic (exact) mass is 280 g/mol. The number of ether oxygens (including phenoxy) is 3. The smallest absolute Gasteiger partial charge is 0.122 e. The minimum absolute atomic E-state index is 0.130. The number of methoxy groups -OCH3 is 2. The van der Waals surface area contributed by atoms with Crippen LogP contribution in [0.1, 0.15) is 18.0 Å². The summed E-state index contributed by atoms with van der Waals surface area (Å²) in [5.41, 5.74) is 7.10. The Balaban J connectivity index is 2.25. The zero-order valence-corrected chi connectivity index (χ0v) is 12.5. The van der Waals surface area contributed by atoms with Crippen LogP contribution in [-0.2, 0) is 4.74 Å². The predicted octanol–water partition coefficient (Wildman–Crippen LogP) is 1.42. The van der Waals surface area contributed by atoms with Crippen LogP contribution in [-0.4, -0.2) is 52.0 Å². The number of benzene rings is 1. The van der Waals surface area contributed by atoms with Gasteiger partial charge in [-0.15, -0.1) is 0 Å². The average molecular weight is 280 g/mol. The van der Waals surface area contributed by atoms with Gasteiger partial charge in [-0.25, -0.2) is 0 Å². The summed E-state index contributed by atoms with van der Waals surface area (Å²) in [6.45, 7) is 2.14. The molecular weight excluding hydrogens is 256 g/mol. The molecule has 2 N–H and O–H groups in total. The quantitative estimate of drug-likeness (QED) is 0.854. The van der Waals surface area contributed by atoms with Crippen LogP contribution >= 0.6 is 0 Å². The van der Waals surface area contributed by atoms with E-state index in [9.17, 15) is 0 Å². The van der Waals surface area contributed by atoms with E-state index in [2.05, 4.69) is 11.9 Å². The highest BCUT2D eigenvalue weighted by Gasteiger charge is 2.27. The molecule has 1 heterocycles. The van der Waals surface area contributed by atoms with Crippen LogP contribution in [0.2, 0.25) is 0 Å².